The number of hydrogen-bond donors (Lipinski definition) is 2. The van der Waals surface area contributed by atoms with Crippen molar-refractivity contribution in [2.75, 3.05) is 27.4 Å². The molecule has 2 N–H and O–H groups in total. The zero-order valence-corrected chi connectivity index (χ0v) is 24.4. The summed E-state index contributed by atoms with van der Waals surface area (Å²) in [6, 6.07) is 16.6. The van der Waals surface area contributed by atoms with Gasteiger partial charge in [0, 0.05) is 28.3 Å². The van der Waals surface area contributed by atoms with Gasteiger partial charge in [0.25, 0.3) is 0 Å². The molecular weight excluding hydrogens is 543 g/mol. The third-order valence-corrected chi connectivity index (χ3v) is 5.49. The smallest absolute Gasteiger partial charge is 0.213 e. The summed E-state index contributed by atoms with van der Waals surface area (Å²) < 4.78 is 33.7. The van der Waals surface area contributed by atoms with Gasteiger partial charge in [-0.3, -0.25) is 10.8 Å². The second-order valence-corrected chi connectivity index (χ2v) is 8.14. The molecule has 3 rings (SSSR count). The SMILES string of the molecule is CCOC(=N)c1ccc(COc2cc(C)cc(OCc3ccc(C(=N)OCC)cc3OC)c2)c(OC)c1.Cl.Cl. The van der Waals surface area contributed by atoms with E-state index in [4.69, 9.17) is 39.2 Å². The van der Waals surface area contributed by atoms with Crippen LogP contribution in [0.25, 0.3) is 0 Å². The number of aryl methyl sites for hydroxylation is 1. The Labute approximate surface area is 242 Å². The van der Waals surface area contributed by atoms with Gasteiger partial charge in [0.15, 0.2) is 0 Å². The van der Waals surface area contributed by atoms with E-state index in [0.717, 1.165) is 16.7 Å². The Balaban J connectivity index is 0.00000380. The zero-order chi connectivity index (χ0) is 26.8. The number of ether oxygens (including phenoxy) is 6. The Morgan fingerprint density at radius 3 is 1.41 bits per heavy atom. The van der Waals surface area contributed by atoms with Crippen molar-refractivity contribution in [2.24, 2.45) is 0 Å². The molecule has 0 fully saturated rings. The number of rotatable bonds is 12. The number of halogens is 2. The molecule has 39 heavy (non-hydrogen) atoms. The van der Waals surface area contributed by atoms with Crippen molar-refractivity contribution in [1.82, 2.24) is 0 Å². The van der Waals surface area contributed by atoms with Crippen LogP contribution in [-0.4, -0.2) is 39.2 Å². The fraction of sp³-hybridized carbons (Fsp3) is 0.310. The summed E-state index contributed by atoms with van der Waals surface area (Å²) in [4.78, 5) is 0. The predicted molar refractivity (Wildman–Crippen MR) is 157 cm³/mol. The minimum atomic E-state index is 0. The molecule has 0 aliphatic rings. The summed E-state index contributed by atoms with van der Waals surface area (Å²) in [5, 5.41) is 16.0. The molecule has 0 spiro atoms. The van der Waals surface area contributed by atoms with E-state index in [1.807, 2.05) is 63.2 Å². The van der Waals surface area contributed by atoms with Crippen LogP contribution in [0.5, 0.6) is 23.0 Å². The van der Waals surface area contributed by atoms with Crippen LogP contribution in [0.4, 0.5) is 0 Å². The van der Waals surface area contributed by atoms with Gasteiger partial charge in [-0.25, -0.2) is 0 Å². The fourth-order valence-electron chi connectivity index (χ4n) is 3.67. The average Bonchev–Trinajstić information content (AvgIpc) is 2.90. The van der Waals surface area contributed by atoms with Crippen molar-refractivity contribution < 1.29 is 28.4 Å². The fourth-order valence-corrected chi connectivity index (χ4v) is 3.67. The zero-order valence-electron chi connectivity index (χ0n) is 22.8. The maximum absolute atomic E-state index is 7.98. The van der Waals surface area contributed by atoms with Crippen LogP contribution in [0.15, 0.2) is 54.6 Å². The van der Waals surface area contributed by atoms with E-state index in [-0.39, 0.29) is 49.8 Å². The molecule has 0 saturated heterocycles. The Morgan fingerprint density at radius 1 is 0.641 bits per heavy atom. The molecule has 0 aromatic heterocycles. The van der Waals surface area contributed by atoms with E-state index in [1.165, 1.54) is 0 Å². The van der Waals surface area contributed by atoms with Crippen LogP contribution in [0.3, 0.4) is 0 Å². The van der Waals surface area contributed by atoms with E-state index in [1.54, 1.807) is 26.4 Å². The molecule has 0 atom stereocenters. The van der Waals surface area contributed by atoms with Crippen LogP contribution >= 0.6 is 24.8 Å². The Hall–Kier alpha value is -3.62. The minimum Gasteiger partial charge on any atom is -0.496 e. The third kappa shape index (κ3) is 9.26. The molecule has 0 heterocycles. The van der Waals surface area contributed by atoms with Crippen LogP contribution < -0.4 is 18.9 Å². The lowest BCUT2D eigenvalue weighted by Crippen LogP contribution is -2.07. The van der Waals surface area contributed by atoms with Crippen molar-refractivity contribution in [3.05, 3.63) is 82.4 Å². The first-order valence-corrected chi connectivity index (χ1v) is 12.0. The number of nitrogens with one attached hydrogen (secondary N) is 2. The normalized spacial score (nSPS) is 9.87. The second kappa shape index (κ2) is 16.4. The summed E-state index contributed by atoms with van der Waals surface area (Å²) in [7, 11) is 3.18. The van der Waals surface area contributed by atoms with E-state index in [0.29, 0.717) is 47.3 Å². The highest BCUT2D eigenvalue weighted by molar-refractivity contribution is 5.92. The van der Waals surface area contributed by atoms with Gasteiger partial charge in [0.1, 0.15) is 36.2 Å². The molecule has 0 unspecified atom stereocenters. The van der Waals surface area contributed by atoms with Gasteiger partial charge >= 0.3 is 0 Å². The molecule has 3 aromatic rings. The lowest BCUT2D eigenvalue weighted by molar-refractivity contribution is 0.281. The van der Waals surface area contributed by atoms with Crippen molar-refractivity contribution >= 4 is 36.6 Å². The molecule has 10 heteroatoms. The van der Waals surface area contributed by atoms with Gasteiger partial charge < -0.3 is 28.4 Å². The Kier molecular flexibility index (Phi) is 14.0. The van der Waals surface area contributed by atoms with Gasteiger partial charge in [-0.15, -0.1) is 24.8 Å². The van der Waals surface area contributed by atoms with Gasteiger partial charge in [-0.05, 0) is 62.7 Å². The van der Waals surface area contributed by atoms with Crippen molar-refractivity contribution in [1.29, 1.82) is 10.8 Å². The standard InChI is InChI=1S/C29H34N2O6.2ClH/c1-6-34-28(30)20-8-10-22(26(14-20)32-4)17-36-24-12-19(3)13-25(16-24)37-18-23-11-9-21(15-27(23)33-5)29(31)35-7-2;;/h8-16,30-31H,6-7,17-18H2,1-5H3;2*1H. The first-order valence-electron chi connectivity index (χ1n) is 12.0. The quantitative estimate of drug-likeness (QED) is 0.182. The van der Waals surface area contributed by atoms with Crippen molar-refractivity contribution in [2.45, 2.75) is 34.0 Å². The molecular formula is C29H36Cl2N2O6. The topological polar surface area (TPSA) is 103 Å². The second-order valence-electron chi connectivity index (χ2n) is 8.14. The molecule has 0 radical (unpaired) electrons. The number of hydrogen-bond acceptors (Lipinski definition) is 8. The molecule has 0 aliphatic carbocycles. The van der Waals surface area contributed by atoms with Crippen LogP contribution in [0, 0.1) is 17.7 Å². The van der Waals surface area contributed by atoms with Gasteiger partial charge in [0.2, 0.25) is 11.8 Å². The van der Waals surface area contributed by atoms with Crippen molar-refractivity contribution in [3.8, 4) is 23.0 Å². The summed E-state index contributed by atoms with van der Waals surface area (Å²) >= 11 is 0. The van der Waals surface area contributed by atoms with Gasteiger partial charge in [-0.2, -0.15) is 0 Å². The largest absolute Gasteiger partial charge is 0.496 e. The first-order chi connectivity index (χ1) is 17.9. The summed E-state index contributed by atoms with van der Waals surface area (Å²) in [6.45, 7) is 7.10. The van der Waals surface area contributed by atoms with Gasteiger partial charge in [0.05, 0.1) is 27.4 Å². The molecule has 8 nitrogen and oxygen atoms in total. The molecule has 0 aliphatic heterocycles. The molecule has 0 amide bonds. The number of benzene rings is 3. The highest BCUT2D eigenvalue weighted by Crippen LogP contribution is 2.28. The first kappa shape index (κ1) is 33.4. The number of methoxy groups -OCH3 is 2. The monoisotopic (exact) mass is 578 g/mol. The average molecular weight is 580 g/mol. The van der Waals surface area contributed by atoms with E-state index in [9.17, 15) is 0 Å². The van der Waals surface area contributed by atoms with E-state index >= 15 is 0 Å². The van der Waals surface area contributed by atoms with Crippen LogP contribution in [-0.2, 0) is 22.7 Å². The highest BCUT2D eigenvalue weighted by atomic mass is 35.5. The summed E-state index contributed by atoms with van der Waals surface area (Å²) in [6.07, 6.45) is 0. The molecule has 0 saturated carbocycles. The molecule has 212 valence electrons. The lowest BCUT2D eigenvalue weighted by atomic mass is 10.1. The lowest BCUT2D eigenvalue weighted by Gasteiger charge is -2.15. The molecule has 0 bridgehead atoms. The Bertz CT molecular complexity index is 1160. The van der Waals surface area contributed by atoms with Crippen LogP contribution in [0.2, 0.25) is 0 Å². The van der Waals surface area contributed by atoms with Crippen LogP contribution in [0.1, 0.15) is 41.7 Å². The van der Waals surface area contributed by atoms with Crippen molar-refractivity contribution in [3.63, 3.8) is 0 Å². The predicted octanol–water partition coefficient (Wildman–Crippen LogP) is 6.74. The summed E-state index contributed by atoms with van der Waals surface area (Å²) in [5.74, 6) is 2.78. The minimum absolute atomic E-state index is 0. The maximum Gasteiger partial charge on any atom is 0.213 e. The van der Waals surface area contributed by atoms with E-state index < -0.39 is 0 Å². The molecule has 3 aromatic carbocycles. The van der Waals surface area contributed by atoms with E-state index in [2.05, 4.69) is 0 Å². The van der Waals surface area contributed by atoms with Gasteiger partial charge in [-0.1, -0.05) is 12.1 Å². The maximum atomic E-state index is 7.98. The summed E-state index contributed by atoms with van der Waals surface area (Å²) in [5.41, 5.74) is 3.98. The third-order valence-electron chi connectivity index (χ3n) is 5.49. The highest BCUT2D eigenvalue weighted by Gasteiger charge is 2.12. The Morgan fingerprint density at radius 2 is 1.05 bits per heavy atom.